The van der Waals surface area contributed by atoms with Crippen LogP contribution in [0.25, 0.3) is 10.9 Å². The fourth-order valence-electron chi connectivity index (χ4n) is 6.03. The maximum atomic E-state index is 12.5. The molecule has 1 aromatic carbocycles. The Morgan fingerprint density at radius 2 is 1.90 bits per heavy atom. The summed E-state index contributed by atoms with van der Waals surface area (Å²) in [5.74, 6) is 2.85. The Kier molecular flexibility index (Phi) is 8.06. The zero-order chi connectivity index (χ0) is 27.8. The van der Waals surface area contributed by atoms with E-state index in [0.29, 0.717) is 28.3 Å². The summed E-state index contributed by atoms with van der Waals surface area (Å²) < 4.78 is 12.2. The second-order valence-electron chi connectivity index (χ2n) is 12.2. The summed E-state index contributed by atoms with van der Waals surface area (Å²) >= 11 is 3.59. The summed E-state index contributed by atoms with van der Waals surface area (Å²) in [6.45, 7) is 13.3. The van der Waals surface area contributed by atoms with Crippen molar-refractivity contribution in [1.29, 1.82) is 0 Å². The Morgan fingerprint density at radius 3 is 2.51 bits per heavy atom. The number of nitrogens with zero attached hydrogens (tertiary/aromatic N) is 4. The Labute approximate surface area is 239 Å². The first-order valence-electron chi connectivity index (χ1n) is 14.2. The molecule has 1 amide bonds. The maximum absolute atomic E-state index is 12.5. The molecule has 1 aromatic heterocycles. The van der Waals surface area contributed by atoms with Gasteiger partial charge in [-0.2, -0.15) is 0 Å². The summed E-state index contributed by atoms with van der Waals surface area (Å²) in [5, 5.41) is 4.28. The molecule has 0 bridgehead atoms. The fraction of sp³-hybridized carbons (Fsp3) is 0.655. The number of aromatic nitrogens is 2. The van der Waals surface area contributed by atoms with E-state index in [4.69, 9.17) is 19.4 Å². The summed E-state index contributed by atoms with van der Waals surface area (Å²) in [6, 6.07) is 1.89. The monoisotopic (exact) mass is 601 g/mol. The summed E-state index contributed by atoms with van der Waals surface area (Å²) in [5.41, 5.74) is 0.922. The Bertz CT molecular complexity index is 1220. The standard InChI is InChI=1S/C29H40BrN5O4/c1-5-38-25-23(30)20(16-36)15-21-24(25)32-22(14-19-6-10-31-11-7-19)33-26(21)34-12-8-29(9-13-34)17-35(18-29)27(37)39-28(2,3)4/h15-16,19,31H,5-14,17-18H2,1-4H3. The van der Waals surface area contributed by atoms with Crippen molar-refractivity contribution in [3.05, 3.63) is 21.9 Å². The van der Waals surface area contributed by atoms with Gasteiger partial charge in [0.15, 0.2) is 12.0 Å². The minimum Gasteiger partial charge on any atom is -0.490 e. The Morgan fingerprint density at radius 1 is 1.21 bits per heavy atom. The number of piperidine rings is 2. The molecule has 0 radical (unpaired) electrons. The van der Waals surface area contributed by atoms with Gasteiger partial charge in [0.05, 0.1) is 11.1 Å². The van der Waals surface area contributed by atoms with Crippen molar-refractivity contribution >= 4 is 45.0 Å². The third-order valence-electron chi connectivity index (χ3n) is 8.11. The van der Waals surface area contributed by atoms with Crippen LogP contribution >= 0.6 is 15.9 Å². The first-order chi connectivity index (χ1) is 18.6. The molecule has 9 nitrogen and oxygen atoms in total. The van der Waals surface area contributed by atoms with Crippen molar-refractivity contribution in [3.8, 4) is 5.75 Å². The van der Waals surface area contributed by atoms with Gasteiger partial charge in [-0.1, -0.05) is 0 Å². The van der Waals surface area contributed by atoms with E-state index in [2.05, 4.69) is 26.1 Å². The van der Waals surface area contributed by atoms with Gasteiger partial charge in [0.25, 0.3) is 0 Å². The molecule has 3 fully saturated rings. The predicted molar refractivity (Wildman–Crippen MR) is 155 cm³/mol. The molecular formula is C29H40BrN5O4. The van der Waals surface area contributed by atoms with E-state index in [9.17, 15) is 9.59 Å². The number of hydrogen-bond donors (Lipinski definition) is 1. The van der Waals surface area contributed by atoms with Crippen LogP contribution in [0.3, 0.4) is 0 Å². The average molecular weight is 603 g/mol. The number of ether oxygens (including phenoxy) is 2. The van der Waals surface area contributed by atoms with Gasteiger partial charge in [0, 0.05) is 49.0 Å². The largest absolute Gasteiger partial charge is 0.490 e. The van der Waals surface area contributed by atoms with Gasteiger partial charge in [-0.15, -0.1) is 0 Å². The SMILES string of the molecule is CCOc1c(Br)c(C=O)cc2c(N3CCC4(CC3)CN(C(=O)OC(C)(C)C)C4)nc(CC3CCNCC3)nc12. The number of carbonyl (C=O) groups excluding carboxylic acids is 2. The van der Waals surface area contributed by atoms with Gasteiger partial charge in [-0.3, -0.25) is 4.79 Å². The molecule has 1 N–H and O–H groups in total. The number of fused-ring (bicyclic) bond motifs is 1. The average Bonchev–Trinajstić information content (AvgIpc) is 2.88. The highest BCUT2D eigenvalue weighted by Crippen LogP contribution is 2.44. The van der Waals surface area contributed by atoms with E-state index in [1.165, 1.54) is 0 Å². The fourth-order valence-corrected chi connectivity index (χ4v) is 6.54. The summed E-state index contributed by atoms with van der Waals surface area (Å²) in [4.78, 5) is 38.7. The van der Waals surface area contributed by atoms with Crippen molar-refractivity contribution in [2.24, 2.45) is 11.3 Å². The molecule has 0 saturated carbocycles. The molecule has 2 aromatic rings. The highest BCUT2D eigenvalue weighted by Gasteiger charge is 2.48. The molecule has 10 heteroatoms. The van der Waals surface area contributed by atoms with Crippen molar-refractivity contribution in [3.63, 3.8) is 0 Å². The van der Waals surface area contributed by atoms with Crippen molar-refractivity contribution < 1.29 is 19.1 Å². The molecule has 3 aliphatic heterocycles. The van der Waals surface area contributed by atoms with Crippen molar-refractivity contribution in [1.82, 2.24) is 20.2 Å². The number of likely N-dealkylation sites (tertiary alicyclic amines) is 1. The highest BCUT2D eigenvalue weighted by molar-refractivity contribution is 9.10. The first kappa shape index (κ1) is 28.1. The van der Waals surface area contributed by atoms with Crippen LogP contribution in [-0.4, -0.2) is 78.7 Å². The molecule has 1 spiro atoms. The van der Waals surface area contributed by atoms with E-state index in [1.54, 1.807) is 0 Å². The number of rotatable bonds is 6. The molecule has 0 atom stereocenters. The van der Waals surface area contributed by atoms with Crippen molar-refractivity contribution in [2.45, 2.75) is 65.4 Å². The normalized spacial score (nSPS) is 19.7. The topological polar surface area (TPSA) is 96.9 Å². The van der Waals surface area contributed by atoms with Crippen LogP contribution in [0.2, 0.25) is 0 Å². The Hall–Kier alpha value is -2.46. The minimum atomic E-state index is -0.487. The van der Waals surface area contributed by atoms with Crippen LogP contribution in [0.4, 0.5) is 10.6 Å². The maximum Gasteiger partial charge on any atom is 0.410 e. The molecule has 4 heterocycles. The summed E-state index contributed by atoms with van der Waals surface area (Å²) in [7, 11) is 0. The third-order valence-corrected chi connectivity index (χ3v) is 8.93. The van der Waals surface area contributed by atoms with E-state index in [1.807, 2.05) is 38.7 Å². The minimum absolute atomic E-state index is 0.127. The lowest BCUT2D eigenvalue weighted by molar-refractivity contribution is -0.0434. The first-order valence-corrected chi connectivity index (χ1v) is 15.0. The van der Waals surface area contributed by atoms with Gasteiger partial charge < -0.3 is 24.6 Å². The van der Waals surface area contributed by atoms with E-state index < -0.39 is 5.60 Å². The number of nitrogens with one attached hydrogen (secondary N) is 1. The van der Waals surface area contributed by atoms with E-state index in [0.717, 1.165) is 100 Å². The molecule has 0 aliphatic carbocycles. The zero-order valence-corrected chi connectivity index (χ0v) is 25.1. The lowest BCUT2D eigenvalue weighted by Gasteiger charge is -2.53. The van der Waals surface area contributed by atoms with Crippen molar-refractivity contribution in [2.75, 3.05) is 50.8 Å². The van der Waals surface area contributed by atoms with Gasteiger partial charge >= 0.3 is 6.09 Å². The number of carbonyl (C=O) groups is 2. The van der Waals surface area contributed by atoms with Crippen LogP contribution in [0.5, 0.6) is 5.75 Å². The second kappa shape index (κ2) is 11.2. The molecular weight excluding hydrogens is 562 g/mol. The summed E-state index contributed by atoms with van der Waals surface area (Å²) in [6.07, 6.45) is 5.62. The number of aldehydes is 1. The number of benzene rings is 1. The molecule has 3 saturated heterocycles. The van der Waals surface area contributed by atoms with Crippen LogP contribution in [0, 0.1) is 11.3 Å². The van der Waals surface area contributed by atoms with Gasteiger partial charge in [0.2, 0.25) is 0 Å². The predicted octanol–water partition coefficient (Wildman–Crippen LogP) is 4.98. The quantitative estimate of drug-likeness (QED) is 0.463. The van der Waals surface area contributed by atoms with Gasteiger partial charge in [-0.25, -0.2) is 14.8 Å². The van der Waals surface area contributed by atoms with Crippen LogP contribution in [-0.2, 0) is 11.2 Å². The smallest absolute Gasteiger partial charge is 0.410 e. The number of anilines is 1. The van der Waals surface area contributed by atoms with E-state index in [-0.39, 0.29) is 11.5 Å². The third kappa shape index (κ3) is 6.01. The number of amides is 1. The molecule has 39 heavy (non-hydrogen) atoms. The van der Waals surface area contributed by atoms with E-state index >= 15 is 0 Å². The van der Waals surface area contributed by atoms with Gasteiger partial charge in [0.1, 0.15) is 22.8 Å². The Balaban J connectivity index is 1.41. The lowest BCUT2D eigenvalue weighted by atomic mass is 9.72. The van der Waals surface area contributed by atoms with Crippen LogP contribution in [0.1, 0.15) is 69.6 Å². The van der Waals surface area contributed by atoms with Crippen LogP contribution in [0.15, 0.2) is 10.5 Å². The van der Waals surface area contributed by atoms with Crippen LogP contribution < -0.4 is 15.0 Å². The number of hydrogen-bond acceptors (Lipinski definition) is 8. The number of halogens is 1. The highest BCUT2D eigenvalue weighted by atomic mass is 79.9. The molecule has 212 valence electrons. The molecule has 0 unspecified atom stereocenters. The van der Waals surface area contributed by atoms with Gasteiger partial charge in [-0.05, 0) is 94.4 Å². The molecule has 5 rings (SSSR count). The lowest BCUT2D eigenvalue weighted by Crippen LogP contribution is -2.62. The molecule has 3 aliphatic rings. The zero-order valence-electron chi connectivity index (χ0n) is 23.5. The second-order valence-corrected chi connectivity index (χ2v) is 13.0.